The van der Waals surface area contributed by atoms with Crippen LogP contribution in [0.3, 0.4) is 0 Å². The lowest BCUT2D eigenvalue weighted by Gasteiger charge is -2.14. The molecule has 0 spiro atoms. The quantitative estimate of drug-likeness (QED) is 0.570. The standard InChI is InChI=1S/C9H21NOS/c1-3-5-10-9(7-11)8-12-6-4-2/h9-11H,3-8H2,1-2H3. The van der Waals surface area contributed by atoms with Gasteiger partial charge in [0.15, 0.2) is 0 Å². The van der Waals surface area contributed by atoms with Crippen LogP contribution in [0.5, 0.6) is 0 Å². The van der Waals surface area contributed by atoms with Gasteiger partial charge in [0, 0.05) is 11.8 Å². The van der Waals surface area contributed by atoms with Gasteiger partial charge in [0.1, 0.15) is 0 Å². The lowest BCUT2D eigenvalue weighted by atomic mass is 10.3. The maximum atomic E-state index is 8.98. The summed E-state index contributed by atoms with van der Waals surface area (Å²) in [5.74, 6) is 2.23. The van der Waals surface area contributed by atoms with Crippen LogP contribution in [0.2, 0.25) is 0 Å². The normalized spacial score (nSPS) is 13.2. The predicted molar refractivity (Wildman–Crippen MR) is 56.8 cm³/mol. The molecule has 2 nitrogen and oxygen atoms in total. The minimum Gasteiger partial charge on any atom is -0.395 e. The lowest BCUT2D eigenvalue weighted by Crippen LogP contribution is -2.35. The summed E-state index contributed by atoms with van der Waals surface area (Å²) in [4.78, 5) is 0. The monoisotopic (exact) mass is 191 g/mol. The Morgan fingerprint density at radius 2 is 2.08 bits per heavy atom. The van der Waals surface area contributed by atoms with Gasteiger partial charge in [-0.25, -0.2) is 0 Å². The minimum absolute atomic E-state index is 0.261. The summed E-state index contributed by atoms with van der Waals surface area (Å²) in [5.41, 5.74) is 0. The van der Waals surface area contributed by atoms with Crippen LogP contribution in [-0.2, 0) is 0 Å². The Morgan fingerprint density at radius 1 is 1.33 bits per heavy atom. The summed E-state index contributed by atoms with van der Waals surface area (Å²) in [7, 11) is 0. The Kier molecular flexibility index (Phi) is 9.57. The van der Waals surface area contributed by atoms with Gasteiger partial charge in [0.2, 0.25) is 0 Å². The molecule has 3 heteroatoms. The van der Waals surface area contributed by atoms with E-state index in [0.717, 1.165) is 18.7 Å². The average Bonchev–Trinajstić information content (AvgIpc) is 2.11. The van der Waals surface area contributed by atoms with Crippen LogP contribution in [-0.4, -0.2) is 35.8 Å². The third kappa shape index (κ3) is 6.95. The second-order valence-electron chi connectivity index (χ2n) is 2.91. The molecule has 1 atom stereocenters. The van der Waals surface area contributed by atoms with Crippen molar-refractivity contribution in [3.8, 4) is 0 Å². The van der Waals surface area contributed by atoms with Crippen molar-refractivity contribution in [1.82, 2.24) is 5.32 Å². The fraction of sp³-hybridized carbons (Fsp3) is 1.00. The van der Waals surface area contributed by atoms with Gasteiger partial charge in [-0.05, 0) is 25.1 Å². The highest BCUT2D eigenvalue weighted by atomic mass is 32.2. The number of thioether (sulfide) groups is 1. The summed E-state index contributed by atoms with van der Waals surface area (Å²) in [6.45, 7) is 5.59. The Balaban J connectivity index is 3.26. The molecule has 74 valence electrons. The Hall–Kier alpha value is 0.270. The molecule has 0 heterocycles. The molecule has 0 saturated carbocycles. The molecule has 0 aliphatic carbocycles. The van der Waals surface area contributed by atoms with Gasteiger partial charge in [-0.15, -0.1) is 0 Å². The van der Waals surface area contributed by atoms with Crippen molar-refractivity contribution in [2.75, 3.05) is 24.7 Å². The maximum absolute atomic E-state index is 8.98. The Labute approximate surface area is 80.1 Å². The van der Waals surface area contributed by atoms with Gasteiger partial charge in [-0.3, -0.25) is 0 Å². The van der Waals surface area contributed by atoms with Crippen molar-refractivity contribution in [2.45, 2.75) is 32.7 Å². The summed E-state index contributed by atoms with van der Waals surface area (Å²) >= 11 is 1.91. The largest absolute Gasteiger partial charge is 0.395 e. The molecular formula is C9H21NOS. The highest BCUT2D eigenvalue weighted by molar-refractivity contribution is 7.99. The van der Waals surface area contributed by atoms with E-state index in [4.69, 9.17) is 5.11 Å². The average molecular weight is 191 g/mol. The second kappa shape index (κ2) is 9.36. The van der Waals surface area contributed by atoms with Gasteiger partial charge in [-0.2, -0.15) is 11.8 Å². The lowest BCUT2D eigenvalue weighted by molar-refractivity contribution is 0.254. The van der Waals surface area contributed by atoms with Crippen LogP contribution >= 0.6 is 11.8 Å². The van der Waals surface area contributed by atoms with Crippen molar-refractivity contribution >= 4 is 11.8 Å². The zero-order valence-electron chi connectivity index (χ0n) is 8.18. The van der Waals surface area contributed by atoms with Gasteiger partial charge in [0.25, 0.3) is 0 Å². The van der Waals surface area contributed by atoms with E-state index in [0.29, 0.717) is 6.04 Å². The highest BCUT2D eigenvalue weighted by Crippen LogP contribution is 2.04. The summed E-state index contributed by atoms with van der Waals surface area (Å²) in [5, 5.41) is 12.3. The smallest absolute Gasteiger partial charge is 0.0592 e. The van der Waals surface area contributed by atoms with E-state index in [1.54, 1.807) is 0 Å². The van der Waals surface area contributed by atoms with Crippen molar-refractivity contribution in [2.24, 2.45) is 0 Å². The van der Waals surface area contributed by atoms with Gasteiger partial charge in [0.05, 0.1) is 6.61 Å². The SMILES string of the molecule is CCCNC(CO)CSCCC. The number of nitrogens with one attached hydrogen (secondary N) is 1. The van der Waals surface area contributed by atoms with E-state index in [-0.39, 0.29) is 6.61 Å². The highest BCUT2D eigenvalue weighted by Gasteiger charge is 2.04. The van der Waals surface area contributed by atoms with Crippen molar-refractivity contribution in [1.29, 1.82) is 0 Å². The van der Waals surface area contributed by atoms with E-state index in [2.05, 4.69) is 19.2 Å². The number of rotatable bonds is 8. The molecule has 0 saturated heterocycles. The van der Waals surface area contributed by atoms with E-state index in [1.165, 1.54) is 12.2 Å². The molecule has 0 amide bonds. The zero-order chi connectivity index (χ0) is 9.23. The Bertz CT molecular complexity index is 90.6. The first kappa shape index (κ1) is 12.3. The molecule has 0 radical (unpaired) electrons. The molecule has 2 N–H and O–H groups in total. The summed E-state index contributed by atoms with van der Waals surface area (Å²) in [6, 6.07) is 0.293. The zero-order valence-corrected chi connectivity index (χ0v) is 8.99. The van der Waals surface area contributed by atoms with Crippen LogP contribution in [0.25, 0.3) is 0 Å². The molecule has 0 rings (SSSR count). The van der Waals surface area contributed by atoms with E-state index in [9.17, 15) is 0 Å². The summed E-state index contributed by atoms with van der Waals surface area (Å²) in [6.07, 6.45) is 2.35. The number of aliphatic hydroxyl groups excluding tert-OH is 1. The van der Waals surface area contributed by atoms with Crippen LogP contribution in [0.15, 0.2) is 0 Å². The molecule has 0 aromatic rings. The molecular weight excluding hydrogens is 170 g/mol. The summed E-state index contributed by atoms with van der Waals surface area (Å²) < 4.78 is 0. The second-order valence-corrected chi connectivity index (χ2v) is 4.06. The fourth-order valence-electron chi connectivity index (χ4n) is 0.895. The maximum Gasteiger partial charge on any atom is 0.0592 e. The number of hydrogen-bond donors (Lipinski definition) is 2. The van der Waals surface area contributed by atoms with Crippen molar-refractivity contribution in [3.05, 3.63) is 0 Å². The molecule has 1 unspecified atom stereocenters. The molecule has 0 aromatic carbocycles. The molecule has 12 heavy (non-hydrogen) atoms. The van der Waals surface area contributed by atoms with Gasteiger partial charge < -0.3 is 10.4 Å². The van der Waals surface area contributed by atoms with Crippen LogP contribution in [0.1, 0.15) is 26.7 Å². The third-order valence-corrected chi connectivity index (χ3v) is 2.91. The van der Waals surface area contributed by atoms with E-state index in [1.807, 2.05) is 11.8 Å². The first-order valence-corrected chi connectivity index (χ1v) is 5.92. The molecule has 0 aromatic heterocycles. The third-order valence-electron chi connectivity index (χ3n) is 1.57. The molecule has 0 bridgehead atoms. The van der Waals surface area contributed by atoms with Crippen LogP contribution in [0.4, 0.5) is 0 Å². The molecule has 0 fully saturated rings. The minimum atomic E-state index is 0.261. The first-order valence-electron chi connectivity index (χ1n) is 4.77. The fourth-order valence-corrected chi connectivity index (χ4v) is 1.86. The first-order chi connectivity index (χ1) is 5.85. The van der Waals surface area contributed by atoms with Crippen molar-refractivity contribution in [3.63, 3.8) is 0 Å². The van der Waals surface area contributed by atoms with E-state index >= 15 is 0 Å². The predicted octanol–water partition coefficient (Wildman–Crippen LogP) is 1.49. The van der Waals surface area contributed by atoms with Gasteiger partial charge >= 0.3 is 0 Å². The van der Waals surface area contributed by atoms with Crippen molar-refractivity contribution < 1.29 is 5.11 Å². The van der Waals surface area contributed by atoms with Gasteiger partial charge in [-0.1, -0.05) is 13.8 Å². The number of hydrogen-bond acceptors (Lipinski definition) is 3. The topological polar surface area (TPSA) is 32.3 Å². The van der Waals surface area contributed by atoms with E-state index < -0.39 is 0 Å². The van der Waals surface area contributed by atoms with Crippen LogP contribution in [0, 0.1) is 0 Å². The number of aliphatic hydroxyl groups is 1. The van der Waals surface area contributed by atoms with Crippen LogP contribution < -0.4 is 5.32 Å². The molecule has 0 aliphatic rings. The molecule has 0 aliphatic heterocycles. The Morgan fingerprint density at radius 3 is 2.58 bits per heavy atom.